The van der Waals surface area contributed by atoms with Gasteiger partial charge in [-0.3, -0.25) is 4.98 Å². The van der Waals surface area contributed by atoms with Gasteiger partial charge in [0.15, 0.2) is 11.6 Å². The summed E-state index contributed by atoms with van der Waals surface area (Å²) in [6.07, 6.45) is 3.30. The highest BCUT2D eigenvalue weighted by molar-refractivity contribution is 5.79. The van der Waals surface area contributed by atoms with E-state index in [0.717, 1.165) is 29.3 Å². The van der Waals surface area contributed by atoms with E-state index in [4.69, 9.17) is 15.2 Å². The van der Waals surface area contributed by atoms with Crippen LogP contribution in [0.5, 0.6) is 5.75 Å². The van der Waals surface area contributed by atoms with Crippen LogP contribution in [0, 0.1) is 5.82 Å². The standard InChI is InChI=1S/C26H25FN4O2/c27-21-15-19(4-8-25(21)33-20-9-12-32-13-10-20)24-7-5-22(28)26(31-24)30-16-17-3-6-23-18(14-17)2-1-11-29-23/h1-8,11,14-15,20H,9-10,12-13,16,28H2,(H,30,31). The normalized spacial score (nSPS) is 14.3. The first-order valence-electron chi connectivity index (χ1n) is 11.0. The maximum Gasteiger partial charge on any atom is 0.165 e. The molecule has 1 saturated heterocycles. The number of nitrogen functional groups attached to an aromatic ring is 1. The van der Waals surface area contributed by atoms with Crippen LogP contribution in [-0.2, 0) is 11.3 Å². The summed E-state index contributed by atoms with van der Waals surface area (Å²) in [5.41, 5.74) is 10.00. The molecule has 168 valence electrons. The Kier molecular flexibility index (Phi) is 6.04. The molecule has 0 amide bonds. The third kappa shape index (κ3) is 4.88. The first-order chi connectivity index (χ1) is 16.2. The minimum atomic E-state index is -0.406. The van der Waals surface area contributed by atoms with Gasteiger partial charge in [-0.15, -0.1) is 0 Å². The van der Waals surface area contributed by atoms with Gasteiger partial charge in [-0.2, -0.15) is 0 Å². The molecular weight excluding hydrogens is 419 g/mol. The van der Waals surface area contributed by atoms with E-state index in [-0.39, 0.29) is 11.9 Å². The minimum Gasteiger partial charge on any atom is -0.487 e. The minimum absolute atomic E-state index is 0.0181. The summed E-state index contributed by atoms with van der Waals surface area (Å²) < 4.78 is 25.9. The van der Waals surface area contributed by atoms with Crippen molar-refractivity contribution in [1.29, 1.82) is 0 Å². The molecule has 0 unspecified atom stereocenters. The number of pyridine rings is 2. The second-order valence-electron chi connectivity index (χ2n) is 8.09. The van der Waals surface area contributed by atoms with Gasteiger partial charge in [-0.25, -0.2) is 9.37 Å². The number of aromatic nitrogens is 2. The van der Waals surface area contributed by atoms with Crippen LogP contribution in [0.1, 0.15) is 18.4 Å². The molecule has 1 aliphatic rings. The van der Waals surface area contributed by atoms with E-state index in [1.165, 1.54) is 6.07 Å². The van der Waals surface area contributed by atoms with E-state index in [0.29, 0.717) is 42.5 Å². The van der Waals surface area contributed by atoms with Crippen LogP contribution in [0.3, 0.4) is 0 Å². The predicted octanol–water partition coefficient (Wildman–Crippen LogP) is 5.19. The van der Waals surface area contributed by atoms with Crippen molar-refractivity contribution in [3.05, 3.63) is 78.2 Å². The first kappa shape index (κ1) is 21.2. The van der Waals surface area contributed by atoms with Crippen molar-refractivity contribution in [3.63, 3.8) is 0 Å². The fourth-order valence-electron chi connectivity index (χ4n) is 3.92. The number of ether oxygens (including phenoxy) is 2. The molecule has 6 nitrogen and oxygen atoms in total. The van der Waals surface area contributed by atoms with Crippen LogP contribution in [0.4, 0.5) is 15.9 Å². The third-order valence-electron chi connectivity index (χ3n) is 5.74. The summed E-state index contributed by atoms with van der Waals surface area (Å²) in [4.78, 5) is 8.98. The lowest BCUT2D eigenvalue weighted by molar-refractivity contribution is 0.0240. The second-order valence-corrected chi connectivity index (χ2v) is 8.09. The second kappa shape index (κ2) is 9.42. The summed E-state index contributed by atoms with van der Waals surface area (Å²) in [7, 11) is 0. The number of hydrogen-bond acceptors (Lipinski definition) is 6. The lowest BCUT2D eigenvalue weighted by atomic mass is 10.1. The lowest BCUT2D eigenvalue weighted by Crippen LogP contribution is -2.26. The smallest absolute Gasteiger partial charge is 0.165 e. The van der Waals surface area contributed by atoms with Crippen LogP contribution in [0.15, 0.2) is 66.9 Å². The summed E-state index contributed by atoms with van der Waals surface area (Å²) in [5.74, 6) is 0.406. The molecule has 7 heteroatoms. The zero-order valence-corrected chi connectivity index (χ0v) is 18.1. The van der Waals surface area contributed by atoms with E-state index in [1.807, 2.05) is 30.3 Å². The highest BCUT2D eigenvalue weighted by Gasteiger charge is 2.17. The van der Waals surface area contributed by atoms with Crippen molar-refractivity contribution in [2.45, 2.75) is 25.5 Å². The number of benzene rings is 2. The molecule has 4 aromatic rings. The van der Waals surface area contributed by atoms with E-state index >= 15 is 0 Å². The van der Waals surface area contributed by atoms with Crippen LogP contribution in [0.2, 0.25) is 0 Å². The molecule has 0 aliphatic carbocycles. The van der Waals surface area contributed by atoms with Crippen LogP contribution in [-0.4, -0.2) is 29.3 Å². The fourth-order valence-corrected chi connectivity index (χ4v) is 3.92. The summed E-state index contributed by atoms with van der Waals surface area (Å²) in [6, 6.07) is 18.5. The zero-order chi connectivity index (χ0) is 22.6. The van der Waals surface area contributed by atoms with Crippen molar-refractivity contribution < 1.29 is 13.9 Å². The van der Waals surface area contributed by atoms with Crippen LogP contribution in [0.25, 0.3) is 22.2 Å². The molecule has 0 bridgehead atoms. The number of anilines is 2. The fraction of sp³-hybridized carbons (Fsp3) is 0.231. The Balaban J connectivity index is 1.31. The quantitative estimate of drug-likeness (QED) is 0.426. The number of nitrogens with two attached hydrogens (primary N) is 1. The molecule has 1 fully saturated rings. The molecule has 0 radical (unpaired) electrons. The molecule has 0 spiro atoms. The molecule has 5 rings (SSSR count). The summed E-state index contributed by atoms with van der Waals surface area (Å²) in [5, 5.41) is 4.37. The number of hydrogen-bond donors (Lipinski definition) is 2. The van der Waals surface area contributed by atoms with Gasteiger partial charge >= 0.3 is 0 Å². The lowest BCUT2D eigenvalue weighted by Gasteiger charge is -2.23. The van der Waals surface area contributed by atoms with Crippen LogP contribution >= 0.6 is 0 Å². The van der Waals surface area contributed by atoms with Gasteiger partial charge in [0.2, 0.25) is 0 Å². The topological polar surface area (TPSA) is 82.3 Å². The largest absolute Gasteiger partial charge is 0.487 e. The van der Waals surface area contributed by atoms with Gasteiger partial charge in [-0.05, 0) is 54.1 Å². The average molecular weight is 445 g/mol. The highest BCUT2D eigenvalue weighted by atomic mass is 19.1. The number of rotatable bonds is 6. The molecular formula is C26H25FN4O2. The van der Waals surface area contributed by atoms with Gasteiger partial charge in [0, 0.05) is 36.5 Å². The zero-order valence-electron chi connectivity index (χ0n) is 18.1. The number of fused-ring (bicyclic) bond motifs is 1. The third-order valence-corrected chi connectivity index (χ3v) is 5.74. The van der Waals surface area contributed by atoms with Crippen molar-refractivity contribution in [3.8, 4) is 17.0 Å². The van der Waals surface area contributed by atoms with Gasteiger partial charge in [0.1, 0.15) is 11.9 Å². The molecule has 33 heavy (non-hydrogen) atoms. The monoisotopic (exact) mass is 444 g/mol. The number of nitrogens with one attached hydrogen (secondary N) is 1. The molecule has 2 aromatic carbocycles. The van der Waals surface area contributed by atoms with Gasteiger partial charge < -0.3 is 20.5 Å². The van der Waals surface area contributed by atoms with E-state index in [2.05, 4.69) is 21.4 Å². The Hall–Kier alpha value is -3.71. The van der Waals surface area contributed by atoms with Crippen molar-refractivity contribution in [1.82, 2.24) is 9.97 Å². The van der Waals surface area contributed by atoms with Crippen molar-refractivity contribution in [2.24, 2.45) is 0 Å². The maximum atomic E-state index is 14.7. The summed E-state index contributed by atoms with van der Waals surface area (Å²) >= 11 is 0. The Morgan fingerprint density at radius 1 is 1.06 bits per heavy atom. The summed E-state index contributed by atoms with van der Waals surface area (Å²) in [6.45, 7) is 1.84. The van der Waals surface area contributed by atoms with E-state index in [1.54, 1.807) is 24.4 Å². The SMILES string of the molecule is Nc1ccc(-c2ccc(OC3CCOCC3)c(F)c2)nc1NCc1ccc2ncccc2c1. The predicted molar refractivity (Wildman–Crippen MR) is 128 cm³/mol. The molecule has 3 heterocycles. The van der Waals surface area contributed by atoms with Crippen LogP contribution < -0.4 is 15.8 Å². The first-order valence-corrected chi connectivity index (χ1v) is 11.0. The molecule has 0 atom stereocenters. The molecule has 0 saturated carbocycles. The number of nitrogens with zero attached hydrogens (tertiary/aromatic N) is 2. The van der Waals surface area contributed by atoms with Gasteiger partial charge in [0.25, 0.3) is 0 Å². The maximum absolute atomic E-state index is 14.7. The highest BCUT2D eigenvalue weighted by Crippen LogP contribution is 2.29. The Bertz CT molecular complexity index is 1270. The van der Waals surface area contributed by atoms with Gasteiger partial charge in [0.05, 0.1) is 30.1 Å². The Labute approximate surface area is 191 Å². The van der Waals surface area contributed by atoms with Crippen molar-refractivity contribution >= 4 is 22.4 Å². The van der Waals surface area contributed by atoms with E-state index in [9.17, 15) is 4.39 Å². The molecule has 3 N–H and O–H groups in total. The Morgan fingerprint density at radius 3 is 2.79 bits per heavy atom. The van der Waals surface area contributed by atoms with E-state index < -0.39 is 5.82 Å². The number of halogens is 1. The molecule has 2 aromatic heterocycles. The molecule has 1 aliphatic heterocycles. The Morgan fingerprint density at radius 2 is 1.94 bits per heavy atom. The van der Waals surface area contributed by atoms with Gasteiger partial charge in [-0.1, -0.05) is 12.1 Å². The average Bonchev–Trinajstić information content (AvgIpc) is 2.85. The van der Waals surface area contributed by atoms with Crippen molar-refractivity contribution in [2.75, 3.05) is 24.3 Å².